The van der Waals surface area contributed by atoms with E-state index in [1.54, 1.807) is 33.2 Å². The Hall–Kier alpha value is -1.43. The smallest absolute Gasteiger partial charge is 0.408 e. The summed E-state index contributed by atoms with van der Waals surface area (Å²) >= 11 is 1.25. The molecule has 6 heteroatoms. The molecule has 0 aliphatic heterocycles. The van der Waals surface area contributed by atoms with E-state index in [0.29, 0.717) is 4.88 Å². The molecule has 1 atom stereocenters. The summed E-state index contributed by atoms with van der Waals surface area (Å²) in [6.07, 6.45) is 0.892. The fourth-order valence-corrected chi connectivity index (χ4v) is 1.75. The SMILES string of the molecule is CC(NC(=O)OC(C)(C)C)C(=O)c1cncs1. The van der Waals surface area contributed by atoms with E-state index >= 15 is 0 Å². The van der Waals surface area contributed by atoms with Crippen molar-refractivity contribution in [3.05, 3.63) is 16.6 Å². The van der Waals surface area contributed by atoms with Crippen LogP contribution in [0.15, 0.2) is 11.7 Å². The van der Waals surface area contributed by atoms with Gasteiger partial charge in [-0.2, -0.15) is 0 Å². The van der Waals surface area contributed by atoms with E-state index in [1.165, 1.54) is 17.5 Å². The van der Waals surface area contributed by atoms with Gasteiger partial charge in [0.05, 0.1) is 16.4 Å². The number of hydrogen-bond acceptors (Lipinski definition) is 5. The first kappa shape index (κ1) is 13.6. The number of alkyl carbamates (subject to hydrolysis) is 1. The van der Waals surface area contributed by atoms with Crippen molar-refractivity contribution in [3.63, 3.8) is 0 Å². The normalized spacial score (nSPS) is 12.9. The fraction of sp³-hybridized carbons (Fsp3) is 0.545. The third kappa shape index (κ3) is 4.52. The maximum absolute atomic E-state index is 11.8. The van der Waals surface area contributed by atoms with Gasteiger partial charge in [-0.05, 0) is 27.7 Å². The predicted molar refractivity (Wildman–Crippen MR) is 65.3 cm³/mol. The number of carbonyl (C=O) groups excluding carboxylic acids is 2. The Kier molecular flexibility index (Phi) is 4.22. The number of ether oxygens (including phenoxy) is 1. The van der Waals surface area contributed by atoms with Crippen molar-refractivity contribution in [2.24, 2.45) is 0 Å². The molecule has 94 valence electrons. The molecule has 0 aliphatic rings. The number of hydrogen-bond donors (Lipinski definition) is 1. The summed E-state index contributed by atoms with van der Waals surface area (Å²) in [5.41, 5.74) is 1.00. The molecular weight excluding hydrogens is 240 g/mol. The molecular formula is C11H16N2O3S. The fourth-order valence-electron chi connectivity index (χ4n) is 1.10. The zero-order chi connectivity index (χ0) is 13.1. The Labute approximate surface area is 104 Å². The van der Waals surface area contributed by atoms with E-state index in [4.69, 9.17) is 4.74 Å². The molecule has 0 aromatic carbocycles. The minimum absolute atomic E-state index is 0.168. The molecule has 17 heavy (non-hydrogen) atoms. The zero-order valence-corrected chi connectivity index (χ0v) is 11.1. The summed E-state index contributed by atoms with van der Waals surface area (Å²) in [5, 5.41) is 2.49. The second-order valence-electron chi connectivity index (χ2n) is 4.60. The highest BCUT2D eigenvalue weighted by Gasteiger charge is 2.22. The van der Waals surface area contributed by atoms with Crippen molar-refractivity contribution in [2.45, 2.75) is 39.3 Å². The number of nitrogens with one attached hydrogen (secondary N) is 1. The van der Waals surface area contributed by atoms with Crippen LogP contribution in [0, 0.1) is 0 Å². The third-order valence-electron chi connectivity index (χ3n) is 1.80. The van der Waals surface area contributed by atoms with Crippen LogP contribution in [-0.4, -0.2) is 28.5 Å². The molecule has 0 saturated carbocycles. The summed E-state index contributed by atoms with van der Waals surface area (Å²) in [7, 11) is 0. The molecule has 1 aromatic rings. The van der Waals surface area contributed by atoms with E-state index in [1.807, 2.05) is 0 Å². The molecule has 0 saturated heterocycles. The molecule has 0 bridgehead atoms. The van der Waals surface area contributed by atoms with Crippen LogP contribution >= 0.6 is 11.3 Å². The zero-order valence-electron chi connectivity index (χ0n) is 10.3. The van der Waals surface area contributed by atoms with Gasteiger partial charge in [0.25, 0.3) is 0 Å². The second kappa shape index (κ2) is 5.27. The molecule has 1 heterocycles. The lowest BCUT2D eigenvalue weighted by Crippen LogP contribution is -2.41. The minimum atomic E-state index is -0.620. The number of nitrogens with zero attached hydrogens (tertiary/aromatic N) is 1. The Balaban J connectivity index is 2.52. The van der Waals surface area contributed by atoms with Gasteiger partial charge < -0.3 is 10.1 Å². The Morgan fingerprint density at radius 1 is 1.47 bits per heavy atom. The topological polar surface area (TPSA) is 68.3 Å². The van der Waals surface area contributed by atoms with Crippen LogP contribution in [-0.2, 0) is 4.74 Å². The van der Waals surface area contributed by atoms with Gasteiger partial charge in [-0.25, -0.2) is 4.79 Å². The van der Waals surface area contributed by atoms with E-state index in [0.717, 1.165) is 0 Å². The van der Waals surface area contributed by atoms with Crippen LogP contribution in [0.4, 0.5) is 4.79 Å². The van der Waals surface area contributed by atoms with Crippen molar-refractivity contribution in [1.82, 2.24) is 10.3 Å². The molecule has 1 aromatic heterocycles. The number of aromatic nitrogens is 1. The first-order chi connectivity index (χ1) is 7.79. The van der Waals surface area contributed by atoms with Gasteiger partial charge in [-0.15, -0.1) is 11.3 Å². The molecule has 0 spiro atoms. The number of Topliss-reactive ketones (excluding diaryl/α,β-unsaturated/α-hetero) is 1. The largest absolute Gasteiger partial charge is 0.444 e. The highest BCUT2D eigenvalue weighted by Crippen LogP contribution is 2.10. The number of ketones is 1. The van der Waals surface area contributed by atoms with E-state index in [-0.39, 0.29) is 5.78 Å². The van der Waals surface area contributed by atoms with Crippen molar-refractivity contribution >= 4 is 23.2 Å². The van der Waals surface area contributed by atoms with Crippen LogP contribution in [0.2, 0.25) is 0 Å². The summed E-state index contributed by atoms with van der Waals surface area (Å²) in [4.78, 5) is 27.6. The van der Waals surface area contributed by atoms with Crippen molar-refractivity contribution < 1.29 is 14.3 Å². The lowest BCUT2D eigenvalue weighted by molar-refractivity contribution is 0.0497. The summed E-state index contributed by atoms with van der Waals surface area (Å²) in [5.74, 6) is -0.168. The number of thiazole rings is 1. The van der Waals surface area contributed by atoms with Gasteiger partial charge in [-0.1, -0.05) is 0 Å². The lowest BCUT2D eigenvalue weighted by Gasteiger charge is -2.21. The molecule has 0 fully saturated rings. The van der Waals surface area contributed by atoms with Gasteiger partial charge in [0.1, 0.15) is 5.60 Å². The minimum Gasteiger partial charge on any atom is -0.444 e. The van der Waals surface area contributed by atoms with Crippen LogP contribution in [0.25, 0.3) is 0 Å². The standard InChI is InChI=1S/C11H16N2O3S/c1-7(9(14)8-5-12-6-17-8)13-10(15)16-11(2,3)4/h5-7H,1-4H3,(H,13,15). The first-order valence-corrected chi connectivity index (χ1v) is 6.10. The average Bonchev–Trinajstić information content (AvgIpc) is 2.65. The van der Waals surface area contributed by atoms with E-state index < -0.39 is 17.7 Å². The molecule has 5 nitrogen and oxygen atoms in total. The molecule has 0 radical (unpaired) electrons. The molecule has 0 aliphatic carbocycles. The molecule has 1 unspecified atom stereocenters. The monoisotopic (exact) mass is 256 g/mol. The Morgan fingerprint density at radius 2 is 2.12 bits per heavy atom. The van der Waals surface area contributed by atoms with Crippen LogP contribution in [0.1, 0.15) is 37.4 Å². The number of amides is 1. The second-order valence-corrected chi connectivity index (χ2v) is 5.48. The maximum Gasteiger partial charge on any atom is 0.408 e. The number of carbonyl (C=O) groups is 2. The molecule has 1 N–H and O–H groups in total. The summed E-state index contributed by atoms with van der Waals surface area (Å²) < 4.78 is 5.06. The highest BCUT2D eigenvalue weighted by atomic mass is 32.1. The van der Waals surface area contributed by atoms with Crippen LogP contribution in [0.5, 0.6) is 0 Å². The first-order valence-electron chi connectivity index (χ1n) is 5.22. The highest BCUT2D eigenvalue weighted by molar-refractivity contribution is 7.11. The van der Waals surface area contributed by atoms with Gasteiger partial charge >= 0.3 is 6.09 Å². The van der Waals surface area contributed by atoms with E-state index in [2.05, 4.69) is 10.3 Å². The van der Waals surface area contributed by atoms with Crippen LogP contribution in [0.3, 0.4) is 0 Å². The van der Waals surface area contributed by atoms with Crippen LogP contribution < -0.4 is 5.32 Å². The molecule has 1 rings (SSSR count). The summed E-state index contributed by atoms with van der Waals surface area (Å²) in [6, 6.07) is -0.620. The average molecular weight is 256 g/mol. The van der Waals surface area contributed by atoms with Gasteiger partial charge in [0, 0.05) is 6.20 Å². The van der Waals surface area contributed by atoms with Gasteiger partial charge in [-0.3, -0.25) is 9.78 Å². The third-order valence-corrected chi connectivity index (χ3v) is 2.59. The molecule has 1 amide bonds. The van der Waals surface area contributed by atoms with Crippen molar-refractivity contribution in [2.75, 3.05) is 0 Å². The number of rotatable bonds is 3. The van der Waals surface area contributed by atoms with Crippen molar-refractivity contribution in [3.8, 4) is 0 Å². The summed E-state index contributed by atoms with van der Waals surface area (Å²) in [6.45, 7) is 6.92. The predicted octanol–water partition coefficient (Wildman–Crippen LogP) is 2.24. The Morgan fingerprint density at radius 3 is 2.59 bits per heavy atom. The van der Waals surface area contributed by atoms with Gasteiger partial charge in [0.2, 0.25) is 0 Å². The Bertz CT molecular complexity index is 395. The van der Waals surface area contributed by atoms with Gasteiger partial charge in [0.15, 0.2) is 5.78 Å². The van der Waals surface area contributed by atoms with Crippen molar-refractivity contribution in [1.29, 1.82) is 0 Å². The quantitative estimate of drug-likeness (QED) is 0.842. The lowest BCUT2D eigenvalue weighted by atomic mass is 10.2. The van der Waals surface area contributed by atoms with E-state index in [9.17, 15) is 9.59 Å². The maximum atomic E-state index is 11.8.